The van der Waals surface area contributed by atoms with Gasteiger partial charge in [-0.3, -0.25) is 0 Å². The third-order valence-corrected chi connectivity index (χ3v) is 3.95. The van der Waals surface area contributed by atoms with Gasteiger partial charge in [0.2, 0.25) is 0 Å². The predicted molar refractivity (Wildman–Crippen MR) is 84.9 cm³/mol. The van der Waals surface area contributed by atoms with Crippen molar-refractivity contribution < 1.29 is 4.79 Å². The van der Waals surface area contributed by atoms with Crippen molar-refractivity contribution in [1.82, 2.24) is 4.98 Å². The van der Waals surface area contributed by atoms with Crippen molar-refractivity contribution in [2.75, 3.05) is 0 Å². The van der Waals surface area contributed by atoms with Gasteiger partial charge in [-0.15, -0.1) is 0 Å². The lowest BCUT2D eigenvalue weighted by molar-refractivity contribution is -0.107. The molecule has 3 aromatic rings. The number of fused-ring (bicyclic) bond motifs is 1. The molecule has 1 atom stereocenters. The lowest BCUT2D eigenvalue weighted by atomic mass is 10.1. The van der Waals surface area contributed by atoms with Crippen LogP contribution in [0.2, 0.25) is 0 Å². The lowest BCUT2D eigenvalue weighted by Gasteiger charge is -2.09. The van der Waals surface area contributed by atoms with Crippen LogP contribution in [-0.4, -0.2) is 11.3 Å². The predicted octanol–water partition coefficient (Wildman–Crippen LogP) is 4.54. The monoisotopic (exact) mass is 325 g/mol. The molecular weight excluding hydrogens is 314 g/mol. The number of hydrogen-bond donors (Lipinski definition) is 0. The first-order valence-electron chi connectivity index (χ1n) is 6.34. The maximum Gasteiger partial charge on any atom is 0.138 e. The van der Waals surface area contributed by atoms with Crippen LogP contribution in [0.1, 0.15) is 10.4 Å². The van der Waals surface area contributed by atoms with Crippen LogP contribution in [0.4, 0.5) is 0 Å². The molecule has 0 aliphatic rings. The molecule has 0 saturated heterocycles. The molecule has 2 nitrogen and oxygen atoms in total. The van der Waals surface area contributed by atoms with E-state index in [9.17, 15) is 4.79 Å². The summed E-state index contributed by atoms with van der Waals surface area (Å²) in [5.41, 5.74) is 3.75. The van der Waals surface area contributed by atoms with Crippen LogP contribution in [0.5, 0.6) is 0 Å². The number of nitrogens with zero attached hydrogens (tertiary/aromatic N) is 1. The number of aldehydes is 1. The highest BCUT2D eigenvalue weighted by Crippen LogP contribution is 2.29. The number of carbonyl (C=O) groups excluding carboxylic acids is 1. The smallest absolute Gasteiger partial charge is 0.138 e. The summed E-state index contributed by atoms with van der Waals surface area (Å²) < 4.78 is 0. The zero-order valence-electron chi connectivity index (χ0n) is 10.7. The van der Waals surface area contributed by atoms with Crippen molar-refractivity contribution in [3.63, 3.8) is 0 Å². The third-order valence-electron chi connectivity index (χ3n) is 3.24. The molecule has 20 heavy (non-hydrogen) atoms. The van der Waals surface area contributed by atoms with Gasteiger partial charge < -0.3 is 4.79 Å². The lowest BCUT2D eigenvalue weighted by Crippen LogP contribution is -1.95. The Balaban J connectivity index is 2.21. The molecular formula is C17H12BrNO. The Bertz CT molecular complexity index is 755. The highest BCUT2D eigenvalue weighted by molar-refractivity contribution is 9.09. The van der Waals surface area contributed by atoms with Crippen molar-refractivity contribution in [2.24, 2.45) is 0 Å². The molecule has 1 aromatic heterocycles. The average molecular weight is 326 g/mol. The van der Waals surface area contributed by atoms with E-state index >= 15 is 0 Å². The minimum atomic E-state index is -0.329. The molecule has 0 spiro atoms. The molecule has 3 rings (SSSR count). The molecule has 3 heteroatoms. The summed E-state index contributed by atoms with van der Waals surface area (Å²) in [6.07, 6.45) is 0.881. The second-order valence-corrected chi connectivity index (χ2v) is 5.51. The first-order valence-corrected chi connectivity index (χ1v) is 7.25. The Morgan fingerprint density at radius 1 is 0.950 bits per heavy atom. The number of benzene rings is 2. The van der Waals surface area contributed by atoms with Crippen LogP contribution in [0.15, 0.2) is 60.7 Å². The minimum Gasteiger partial charge on any atom is -0.302 e. The van der Waals surface area contributed by atoms with Gasteiger partial charge in [-0.2, -0.15) is 0 Å². The van der Waals surface area contributed by atoms with E-state index in [1.165, 1.54) is 0 Å². The Kier molecular flexibility index (Phi) is 3.61. The first kappa shape index (κ1) is 13.0. The number of alkyl halides is 1. The number of carbonyl (C=O) groups is 1. The molecule has 0 amide bonds. The van der Waals surface area contributed by atoms with Crippen LogP contribution in [0.3, 0.4) is 0 Å². The van der Waals surface area contributed by atoms with E-state index in [0.29, 0.717) is 0 Å². The van der Waals surface area contributed by atoms with Gasteiger partial charge in [-0.25, -0.2) is 4.98 Å². The van der Waals surface area contributed by atoms with E-state index in [-0.39, 0.29) is 4.83 Å². The van der Waals surface area contributed by atoms with E-state index in [1.54, 1.807) is 0 Å². The number of halogens is 1. The zero-order chi connectivity index (χ0) is 13.9. The zero-order valence-corrected chi connectivity index (χ0v) is 12.2. The summed E-state index contributed by atoms with van der Waals surface area (Å²) in [6, 6.07) is 19.9. The highest BCUT2D eigenvalue weighted by Gasteiger charge is 2.11. The fourth-order valence-corrected chi connectivity index (χ4v) is 2.60. The second-order valence-electron chi connectivity index (χ2n) is 4.52. The topological polar surface area (TPSA) is 30.0 Å². The summed E-state index contributed by atoms with van der Waals surface area (Å²) in [6.45, 7) is 0. The third kappa shape index (κ3) is 2.37. The largest absolute Gasteiger partial charge is 0.302 e. The molecule has 98 valence electrons. The average Bonchev–Trinajstić information content (AvgIpc) is 2.54. The number of pyridine rings is 1. The molecule has 0 saturated carbocycles. The fraction of sp³-hybridized carbons (Fsp3) is 0.0588. The molecule has 0 aliphatic heterocycles. The minimum absolute atomic E-state index is 0.329. The van der Waals surface area contributed by atoms with Crippen LogP contribution >= 0.6 is 15.9 Å². The summed E-state index contributed by atoms with van der Waals surface area (Å²) in [5, 5.41) is 1.04. The molecule has 0 aliphatic carbocycles. The van der Waals surface area contributed by atoms with E-state index in [1.807, 2.05) is 60.7 Å². The van der Waals surface area contributed by atoms with Gasteiger partial charge in [0.15, 0.2) is 0 Å². The summed E-state index contributed by atoms with van der Waals surface area (Å²) in [5.74, 6) is 0. The van der Waals surface area contributed by atoms with Crippen LogP contribution in [-0.2, 0) is 4.79 Å². The summed E-state index contributed by atoms with van der Waals surface area (Å²) in [7, 11) is 0. The molecule has 0 bridgehead atoms. The SMILES string of the molecule is O=CC(Br)c1cccc2ccc(-c3ccccc3)nc12. The Morgan fingerprint density at radius 3 is 2.50 bits per heavy atom. The van der Waals surface area contributed by atoms with E-state index in [4.69, 9.17) is 4.98 Å². The van der Waals surface area contributed by atoms with Crippen LogP contribution in [0.25, 0.3) is 22.2 Å². The summed E-state index contributed by atoms with van der Waals surface area (Å²) >= 11 is 3.38. The number of para-hydroxylation sites is 1. The van der Waals surface area contributed by atoms with Crippen molar-refractivity contribution in [2.45, 2.75) is 4.83 Å². The number of hydrogen-bond acceptors (Lipinski definition) is 2. The standard InChI is InChI=1S/C17H12BrNO/c18-15(11-20)14-8-4-7-13-9-10-16(19-17(13)14)12-5-2-1-3-6-12/h1-11,15H. The van der Waals surface area contributed by atoms with Gasteiger partial charge in [0, 0.05) is 10.9 Å². The summed E-state index contributed by atoms with van der Waals surface area (Å²) in [4.78, 5) is 15.4. The van der Waals surface area contributed by atoms with Crippen molar-refractivity contribution in [3.05, 3.63) is 66.2 Å². The number of rotatable bonds is 3. The van der Waals surface area contributed by atoms with E-state index in [2.05, 4.69) is 15.9 Å². The van der Waals surface area contributed by atoms with E-state index in [0.717, 1.165) is 34.0 Å². The second kappa shape index (κ2) is 5.55. The Labute approximate surface area is 125 Å². The Morgan fingerprint density at radius 2 is 1.75 bits per heavy atom. The Hall–Kier alpha value is -2.00. The van der Waals surface area contributed by atoms with Crippen LogP contribution < -0.4 is 0 Å². The van der Waals surface area contributed by atoms with E-state index < -0.39 is 0 Å². The maximum absolute atomic E-state index is 11.0. The van der Waals surface area contributed by atoms with Gasteiger partial charge in [-0.05, 0) is 11.6 Å². The van der Waals surface area contributed by atoms with Crippen LogP contribution in [0, 0.1) is 0 Å². The quantitative estimate of drug-likeness (QED) is 0.522. The highest BCUT2D eigenvalue weighted by atomic mass is 79.9. The fourth-order valence-electron chi connectivity index (χ4n) is 2.24. The van der Waals surface area contributed by atoms with Gasteiger partial charge in [0.05, 0.1) is 16.0 Å². The molecule has 1 unspecified atom stereocenters. The van der Waals surface area contributed by atoms with Gasteiger partial charge >= 0.3 is 0 Å². The molecule has 2 aromatic carbocycles. The van der Waals surface area contributed by atoms with Gasteiger partial charge in [0.25, 0.3) is 0 Å². The molecule has 0 radical (unpaired) electrons. The number of aromatic nitrogens is 1. The molecule has 0 fully saturated rings. The van der Waals surface area contributed by atoms with Crippen molar-refractivity contribution in [3.8, 4) is 11.3 Å². The maximum atomic E-state index is 11.0. The van der Waals surface area contributed by atoms with Crippen molar-refractivity contribution in [1.29, 1.82) is 0 Å². The molecule has 1 heterocycles. The van der Waals surface area contributed by atoms with Gasteiger partial charge in [0.1, 0.15) is 6.29 Å². The van der Waals surface area contributed by atoms with Crippen molar-refractivity contribution >= 4 is 33.1 Å². The van der Waals surface area contributed by atoms with Gasteiger partial charge in [-0.1, -0.05) is 70.5 Å². The normalized spacial score (nSPS) is 12.2. The molecule has 0 N–H and O–H groups in total. The first-order chi connectivity index (χ1) is 9.79.